The summed E-state index contributed by atoms with van der Waals surface area (Å²) in [6.07, 6.45) is 2.78. The van der Waals surface area contributed by atoms with Crippen molar-refractivity contribution in [2.75, 3.05) is 13.1 Å². The van der Waals surface area contributed by atoms with Gasteiger partial charge in [-0.1, -0.05) is 27.7 Å². The maximum atomic E-state index is 12.7. The number of likely N-dealkylation sites (tertiary alicyclic amines) is 1. The molecule has 0 spiro atoms. The zero-order valence-corrected chi connectivity index (χ0v) is 17.7. The smallest absolute Gasteiger partial charge is 0.330 e. The van der Waals surface area contributed by atoms with Gasteiger partial charge in [0, 0.05) is 44.7 Å². The Balaban J connectivity index is 1.58. The van der Waals surface area contributed by atoms with Gasteiger partial charge in [-0.25, -0.2) is 9.78 Å². The van der Waals surface area contributed by atoms with Crippen LogP contribution in [-0.2, 0) is 18.4 Å². The molecule has 2 atom stereocenters. The summed E-state index contributed by atoms with van der Waals surface area (Å²) in [6, 6.07) is 4.19. The number of hydrogen-bond donors (Lipinski definition) is 0. The quantitative estimate of drug-likeness (QED) is 0.817. The van der Waals surface area contributed by atoms with Crippen molar-refractivity contribution in [2.45, 2.75) is 59.4 Å². The Hall–Kier alpha value is -2.11. The molecule has 1 aliphatic heterocycles. The number of nitrogens with zero attached hydrogens (tertiary/aromatic N) is 4. The van der Waals surface area contributed by atoms with Crippen LogP contribution in [0.4, 0.5) is 0 Å². The predicted octanol–water partition coefficient (Wildman–Crippen LogP) is 3.14. The number of aromatic nitrogens is 3. The van der Waals surface area contributed by atoms with E-state index in [2.05, 4.69) is 32.9 Å². The van der Waals surface area contributed by atoms with Crippen LogP contribution in [0.1, 0.15) is 58.6 Å². The van der Waals surface area contributed by atoms with Crippen molar-refractivity contribution in [3.63, 3.8) is 0 Å². The number of hydrogen-bond acceptors (Lipinski definition) is 3. The van der Waals surface area contributed by atoms with Crippen LogP contribution < -0.4 is 5.69 Å². The molecule has 3 heterocycles. The van der Waals surface area contributed by atoms with Crippen LogP contribution in [0.5, 0.6) is 0 Å². The van der Waals surface area contributed by atoms with E-state index in [0.29, 0.717) is 30.7 Å². The summed E-state index contributed by atoms with van der Waals surface area (Å²) in [6.45, 7) is 10.8. The normalized spacial score (nSPS) is 24.9. The number of aryl methyl sites for hydroxylation is 1. The number of rotatable bonds is 3. The van der Waals surface area contributed by atoms with Crippen LogP contribution >= 0.6 is 0 Å². The zero-order valence-electron chi connectivity index (χ0n) is 17.7. The van der Waals surface area contributed by atoms with Crippen LogP contribution in [0.25, 0.3) is 11.2 Å². The molecule has 6 nitrogen and oxygen atoms in total. The van der Waals surface area contributed by atoms with E-state index in [-0.39, 0.29) is 17.0 Å². The van der Waals surface area contributed by atoms with Gasteiger partial charge in [0.25, 0.3) is 0 Å². The van der Waals surface area contributed by atoms with Crippen molar-refractivity contribution in [2.24, 2.45) is 24.3 Å². The molecule has 1 aliphatic carbocycles. The molecule has 0 aromatic carbocycles. The second-order valence-electron chi connectivity index (χ2n) is 9.91. The highest BCUT2D eigenvalue weighted by molar-refractivity contribution is 5.76. The molecule has 2 aliphatic rings. The molecule has 2 unspecified atom stereocenters. The molecule has 2 aromatic heterocycles. The van der Waals surface area contributed by atoms with Crippen LogP contribution in [0.3, 0.4) is 0 Å². The molecule has 0 radical (unpaired) electrons. The maximum absolute atomic E-state index is 12.7. The van der Waals surface area contributed by atoms with Gasteiger partial charge in [-0.05, 0) is 42.2 Å². The first-order valence-corrected chi connectivity index (χ1v) is 10.5. The lowest BCUT2D eigenvalue weighted by atomic mass is 9.97. The number of carbonyl (C=O) groups is 1. The molecule has 6 heteroatoms. The molecule has 28 heavy (non-hydrogen) atoms. The standard InChI is InChI=1S/C22H32N4O2/c1-6-19(27)25-11-15-9-14(10-16(15)12-25)17-7-8-18-20(23-17)24(5)21(28)26(18)13-22(2,3)4/h7-8,14-16H,6,9-13H2,1-5H3. The minimum Gasteiger partial charge on any atom is -0.342 e. The van der Waals surface area contributed by atoms with Gasteiger partial charge in [0.15, 0.2) is 5.65 Å². The SMILES string of the molecule is CCC(=O)N1CC2CC(c3ccc4c(n3)n(C)c(=O)n4CC(C)(C)C)CC2C1. The third-order valence-electron chi connectivity index (χ3n) is 6.46. The summed E-state index contributed by atoms with van der Waals surface area (Å²) < 4.78 is 3.53. The fourth-order valence-electron chi connectivity index (χ4n) is 5.11. The first-order chi connectivity index (χ1) is 13.2. The van der Waals surface area contributed by atoms with E-state index in [9.17, 15) is 9.59 Å². The Morgan fingerprint density at radius 2 is 1.82 bits per heavy atom. The van der Waals surface area contributed by atoms with Crippen LogP contribution in [0.2, 0.25) is 0 Å². The molecular formula is C22H32N4O2. The van der Waals surface area contributed by atoms with E-state index in [1.807, 2.05) is 23.4 Å². The lowest BCUT2D eigenvalue weighted by molar-refractivity contribution is -0.130. The van der Waals surface area contributed by atoms with Crippen LogP contribution in [-0.4, -0.2) is 38.0 Å². The van der Waals surface area contributed by atoms with E-state index in [4.69, 9.17) is 4.98 Å². The fourth-order valence-corrected chi connectivity index (χ4v) is 5.11. The minimum absolute atomic E-state index is 0.00610. The van der Waals surface area contributed by atoms with E-state index in [0.717, 1.165) is 42.8 Å². The number of fused-ring (bicyclic) bond motifs is 2. The molecule has 1 saturated carbocycles. The molecule has 152 valence electrons. The van der Waals surface area contributed by atoms with Crippen molar-refractivity contribution in [1.82, 2.24) is 19.0 Å². The average molecular weight is 385 g/mol. The van der Waals surface area contributed by atoms with Crippen LogP contribution in [0.15, 0.2) is 16.9 Å². The fraction of sp³-hybridized carbons (Fsp3) is 0.682. The zero-order chi connectivity index (χ0) is 20.2. The number of carbonyl (C=O) groups excluding carboxylic acids is 1. The van der Waals surface area contributed by atoms with Gasteiger partial charge >= 0.3 is 5.69 Å². The van der Waals surface area contributed by atoms with Crippen molar-refractivity contribution in [3.05, 3.63) is 28.3 Å². The highest BCUT2D eigenvalue weighted by Crippen LogP contribution is 2.46. The van der Waals surface area contributed by atoms with Crippen molar-refractivity contribution in [1.29, 1.82) is 0 Å². The van der Waals surface area contributed by atoms with Crippen molar-refractivity contribution < 1.29 is 4.79 Å². The number of pyridine rings is 1. The van der Waals surface area contributed by atoms with E-state index < -0.39 is 0 Å². The highest BCUT2D eigenvalue weighted by Gasteiger charge is 2.42. The van der Waals surface area contributed by atoms with E-state index in [1.54, 1.807) is 4.57 Å². The molecule has 4 rings (SSSR count). The lowest BCUT2D eigenvalue weighted by Crippen LogP contribution is -2.29. The van der Waals surface area contributed by atoms with Gasteiger partial charge in [0.05, 0.1) is 5.52 Å². The second-order valence-corrected chi connectivity index (χ2v) is 9.91. The first-order valence-electron chi connectivity index (χ1n) is 10.5. The monoisotopic (exact) mass is 384 g/mol. The van der Waals surface area contributed by atoms with Gasteiger partial charge in [0.2, 0.25) is 5.91 Å². The molecule has 1 saturated heterocycles. The van der Waals surface area contributed by atoms with Gasteiger partial charge in [0.1, 0.15) is 0 Å². The first kappa shape index (κ1) is 19.2. The molecule has 2 fully saturated rings. The largest absolute Gasteiger partial charge is 0.342 e. The third kappa shape index (κ3) is 3.27. The minimum atomic E-state index is 0.00610. The van der Waals surface area contributed by atoms with Gasteiger partial charge in [-0.3, -0.25) is 13.9 Å². The third-order valence-corrected chi connectivity index (χ3v) is 6.46. The topological polar surface area (TPSA) is 60.1 Å². The van der Waals surface area contributed by atoms with Crippen molar-refractivity contribution >= 4 is 17.1 Å². The molecule has 0 N–H and O–H groups in total. The molecule has 2 aromatic rings. The summed E-state index contributed by atoms with van der Waals surface area (Å²) in [5, 5.41) is 0. The molecule has 1 amide bonds. The second kappa shape index (κ2) is 6.75. The summed E-state index contributed by atoms with van der Waals surface area (Å²) in [5.74, 6) is 1.89. The average Bonchev–Trinajstić information content (AvgIpc) is 3.27. The van der Waals surface area contributed by atoms with E-state index in [1.165, 1.54) is 0 Å². The molecule has 0 bridgehead atoms. The summed E-state index contributed by atoms with van der Waals surface area (Å²) in [7, 11) is 1.82. The summed E-state index contributed by atoms with van der Waals surface area (Å²) in [4.78, 5) is 31.7. The van der Waals surface area contributed by atoms with Crippen LogP contribution in [0, 0.1) is 17.3 Å². The Labute approximate surface area is 166 Å². The van der Waals surface area contributed by atoms with E-state index >= 15 is 0 Å². The summed E-state index contributed by atoms with van der Waals surface area (Å²) in [5.41, 5.74) is 2.84. The molecular weight excluding hydrogens is 352 g/mol. The Morgan fingerprint density at radius 1 is 1.18 bits per heavy atom. The lowest BCUT2D eigenvalue weighted by Gasteiger charge is -2.19. The Kier molecular flexibility index (Phi) is 4.63. The number of imidazole rings is 1. The van der Waals surface area contributed by atoms with Crippen molar-refractivity contribution in [3.8, 4) is 0 Å². The van der Waals surface area contributed by atoms with Gasteiger partial charge < -0.3 is 4.90 Å². The van der Waals surface area contributed by atoms with Gasteiger partial charge in [-0.15, -0.1) is 0 Å². The Morgan fingerprint density at radius 3 is 2.39 bits per heavy atom. The predicted molar refractivity (Wildman–Crippen MR) is 110 cm³/mol. The maximum Gasteiger partial charge on any atom is 0.330 e. The summed E-state index contributed by atoms with van der Waals surface area (Å²) >= 11 is 0. The van der Waals surface area contributed by atoms with Gasteiger partial charge in [-0.2, -0.15) is 0 Å². The number of amides is 1. The highest BCUT2D eigenvalue weighted by atomic mass is 16.2. The Bertz CT molecular complexity index is 951.